The second-order valence-corrected chi connectivity index (χ2v) is 7.37. The van der Waals surface area contributed by atoms with Crippen LogP contribution in [0.4, 0.5) is 0 Å². The van der Waals surface area contributed by atoms with E-state index in [2.05, 4.69) is 0 Å². The second-order valence-electron chi connectivity index (χ2n) is 5.20. The first-order chi connectivity index (χ1) is 11.0. The van der Waals surface area contributed by atoms with Crippen molar-refractivity contribution < 1.29 is 14.7 Å². The highest BCUT2D eigenvalue weighted by atomic mass is 32.1. The average molecular weight is 342 g/mol. The van der Waals surface area contributed by atoms with Crippen LogP contribution >= 0.6 is 22.7 Å². The molecule has 2 heterocycles. The predicted octanol–water partition coefficient (Wildman–Crippen LogP) is 5.27. The first-order valence-corrected chi connectivity index (χ1v) is 8.63. The molecule has 0 saturated heterocycles. The lowest BCUT2D eigenvalue weighted by molar-refractivity contribution is 0.0702. The van der Waals surface area contributed by atoms with Crippen LogP contribution in [0.2, 0.25) is 0 Å². The van der Waals surface area contributed by atoms with Crippen molar-refractivity contribution in [1.29, 1.82) is 0 Å². The number of thiophene rings is 2. The first-order valence-electron chi connectivity index (χ1n) is 7.00. The van der Waals surface area contributed by atoms with Gasteiger partial charge in [0.15, 0.2) is 0 Å². The number of benzene rings is 1. The Morgan fingerprint density at radius 2 is 1.57 bits per heavy atom. The number of hydrogen-bond acceptors (Lipinski definition) is 4. The summed E-state index contributed by atoms with van der Waals surface area (Å²) in [7, 11) is 0. The zero-order valence-electron chi connectivity index (χ0n) is 12.6. The van der Waals surface area contributed by atoms with E-state index in [9.17, 15) is 9.59 Å². The molecule has 0 aliphatic heterocycles. The van der Waals surface area contributed by atoms with E-state index in [0.29, 0.717) is 10.4 Å². The third kappa shape index (κ3) is 2.85. The number of carboxylic acid groups (broad SMARTS) is 1. The third-order valence-corrected chi connectivity index (χ3v) is 6.27. The summed E-state index contributed by atoms with van der Waals surface area (Å²) in [6, 6.07) is 11.4. The highest BCUT2D eigenvalue weighted by Crippen LogP contribution is 2.39. The number of aromatic carboxylic acids is 1. The topological polar surface area (TPSA) is 54.4 Å². The molecule has 0 aliphatic carbocycles. The molecule has 1 N–H and O–H groups in total. The summed E-state index contributed by atoms with van der Waals surface area (Å²) in [6.45, 7) is 3.97. The molecule has 0 saturated carbocycles. The molecule has 0 bridgehead atoms. The number of carboxylic acids is 1. The SMILES string of the molecule is Cc1c(C=O)ccc(-c2ccc(-c3ccc(C(=O)O)s3)s2)c1C. The Morgan fingerprint density at radius 1 is 0.913 bits per heavy atom. The molecule has 1 aromatic carbocycles. The van der Waals surface area contributed by atoms with Crippen molar-refractivity contribution in [1.82, 2.24) is 0 Å². The molecule has 0 fully saturated rings. The average Bonchev–Trinajstić information content (AvgIpc) is 3.18. The maximum Gasteiger partial charge on any atom is 0.345 e. The standard InChI is InChI=1S/C18H14O3S2/c1-10-11(2)13(4-3-12(10)9-19)14-5-6-15(22-14)16-7-8-17(23-16)18(20)21/h3-9H,1-2H3,(H,20,21). The van der Waals surface area contributed by atoms with Crippen molar-refractivity contribution in [3.63, 3.8) is 0 Å². The molecule has 0 amide bonds. The van der Waals surface area contributed by atoms with Crippen LogP contribution in [0.3, 0.4) is 0 Å². The minimum absolute atomic E-state index is 0.345. The number of rotatable bonds is 4. The van der Waals surface area contributed by atoms with Gasteiger partial charge in [-0.15, -0.1) is 22.7 Å². The molecule has 3 rings (SSSR count). The van der Waals surface area contributed by atoms with Crippen LogP contribution < -0.4 is 0 Å². The first kappa shape index (κ1) is 15.6. The molecule has 0 unspecified atom stereocenters. The summed E-state index contributed by atoms with van der Waals surface area (Å²) in [5.41, 5.74) is 3.92. The van der Waals surface area contributed by atoms with Crippen LogP contribution in [0.1, 0.15) is 31.2 Å². The lowest BCUT2D eigenvalue weighted by Gasteiger charge is -2.08. The highest BCUT2D eigenvalue weighted by Gasteiger charge is 2.13. The molecule has 2 aromatic heterocycles. The Labute approximate surface area is 141 Å². The van der Waals surface area contributed by atoms with E-state index in [0.717, 1.165) is 37.6 Å². The van der Waals surface area contributed by atoms with Gasteiger partial charge in [-0.3, -0.25) is 4.79 Å². The largest absolute Gasteiger partial charge is 0.477 e. The molecule has 0 radical (unpaired) electrons. The molecule has 3 aromatic rings. The summed E-state index contributed by atoms with van der Waals surface area (Å²) in [5.74, 6) is -0.894. The smallest absolute Gasteiger partial charge is 0.345 e. The van der Waals surface area contributed by atoms with Gasteiger partial charge in [0, 0.05) is 20.2 Å². The van der Waals surface area contributed by atoms with Gasteiger partial charge in [0.05, 0.1) is 0 Å². The van der Waals surface area contributed by atoms with Crippen molar-refractivity contribution in [2.24, 2.45) is 0 Å². The Morgan fingerprint density at radius 3 is 2.22 bits per heavy atom. The Bertz CT molecular complexity index is 903. The number of carbonyl (C=O) groups is 2. The monoisotopic (exact) mass is 342 g/mol. The van der Waals surface area contributed by atoms with Crippen LogP contribution in [0.25, 0.3) is 20.2 Å². The molecule has 116 valence electrons. The van der Waals surface area contributed by atoms with E-state index in [-0.39, 0.29) is 0 Å². The Balaban J connectivity index is 2.00. The summed E-state index contributed by atoms with van der Waals surface area (Å²) in [5, 5.41) is 9.03. The highest BCUT2D eigenvalue weighted by molar-refractivity contribution is 7.24. The van der Waals surface area contributed by atoms with Gasteiger partial charge < -0.3 is 5.11 Å². The second kappa shape index (κ2) is 6.10. The number of aldehydes is 1. The van der Waals surface area contributed by atoms with Gasteiger partial charge in [0.2, 0.25) is 0 Å². The van der Waals surface area contributed by atoms with Crippen molar-refractivity contribution in [3.05, 3.63) is 58.0 Å². The number of hydrogen-bond donors (Lipinski definition) is 1. The Hall–Kier alpha value is -2.24. The molecule has 3 nitrogen and oxygen atoms in total. The summed E-state index contributed by atoms with van der Waals surface area (Å²) in [6.07, 6.45) is 0.880. The van der Waals surface area contributed by atoms with Crippen LogP contribution in [0.5, 0.6) is 0 Å². The van der Waals surface area contributed by atoms with Crippen molar-refractivity contribution in [2.45, 2.75) is 13.8 Å². The summed E-state index contributed by atoms with van der Waals surface area (Å²) < 4.78 is 0. The normalized spacial score (nSPS) is 10.7. The van der Waals surface area contributed by atoms with E-state index in [4.69, 9.17) is 5.11 Å². The van der Waals surface area contributed by atoms with Crippen molar-refractivity contribution >= 4 is 34.9 Å². The lowest BCUT2D eigenvalue weighted by atomic mass is 9.98. The van der Waals surface area contributed by atoms with Crippen LogP contribution in [0.15, 0.2) is 36.4 Å². The maximum atomic E-state index is 11.0. The molecule has 23 heavy (non-hydrogen) atoms. The summed E-state index contributed by atoms with van der Waals surface area (Å²) >= 11 is 2.91. The van der Waals surface area contributed by atoms with Crippen molar-refractivity contribution in [3.8, 4) is 20.2 Å². The van der Waals surface area contributed by atoms with Gasteiger partial charge in [0.1, 0.15) is 11.2 Å². The van der Waals surface area contributed by atoms with Gasteiger partial charge in [-0.1, -0.05) is 12.1 Å². The quantitative estimate of drug-likeness (QED) is 0.657. The van der Waals surface area contributed by atoms with E-state index >= 15 is 0 Å². The third-order valence-electron chi connectivity index (χ3n) is 3.89. The molecule has 0 atom stereocenters. The number of carbonyl (C=O) groups excluding carboxylic acids is 1. The maximum absolute atomic E-state index is 11.0. The van der Waals surface area contributed by atoms with E-state index < -0.39 is 5.97 Å². The van der Waals surface area contributed by atoms with Crippen LogP contribution in [-0.2, 0) is 0 Å². The van der Waals surface area contributed by atoms with Gasteiger partial charge in [-0.05, 0) is 54.8 Å². The predicted molar refractivity (Wildman–Crippen MR) is 94.9 cm³/mol. The minimum Gasteiger partial charge on any atom is -0.477 e. The molecule has 0 spiro atoms. The minimum atomic E-state index is -0.894. The van der Waals surface area contributed by atoms with Crippen LogP contribution in [-0.4, -0.2) is 17.4 Å². The Kier molecular flexibility index (Phi) is 4.15. The van der Waals surface area contributed by atoms with E-state index in [1.165, 1.54) is 11.3 Å². The van der Waals surface area contributed by atoms with Gasteiger partial charge in [0.25, 0.3) is 0 Å². The fraction of sp³-hybridized carbons (Fsp3) is 0.111. The summed E-state index contributed by atoms with van der Waals surface area (Å²) in [4.78, 5) is 25.5. The zero-order valence-corrected chi connectivity index (χ0v) is 14.3. The van der Waals surface area contributed by atoms with Gasteiger partial charge in [-0.2, -0.15) is 0 Å². The van der Waals surface area contributed by atoms with Crippen LogP contribution in [0, 0.1) is 13.8 Å². The van der Waals surface area contributed by atoms with Crippen molar-refractivity contribution in [2.75, 3.05) is 0 Å². The molecular formula is C18H14O3S2. The molecule has 0 aliphatic rings. The fourth-order valence-electron chi connectivity index (χ4n) is 2.44. The van der Waals surface area contributed by atoms with Gasteiger partial charge >= 0.3 is 5.97 Å². The lowest BCUT2D eigenvalue weighted by Crippen LogP contribution is -1.92. The zero-order chi connectivity index (χ0) is 16.6. The van der Waals surface area contributed by atoms with E-state index in [1.807, 2.05) is 44.2 Å². The molecule has 5 heteroatoms. The fourth-order valence-corrected chi connectivity index (χ4v) is 4.46. The van der Waals surface area contributed by atoms with Gasteiger partial charge in [-0.25, -0.2) is 4.79 Å². The van der Waals surface area contributed by atoms with E-state index in [1.54, 1.807) is 17.4 Å². The molecular weight excluding hydrogens is 328 g/mol.